The molecule has 1 fully saturated rings. The summed E-state index contributed by atoms with van der Waals surface area (Å²) in [5.74, 6) is 1.46. The van der Waals surface area contributed by atoms with Gasteiger partial charge >= 0.3 is 0 Å². The predicted octanol–water partition coefficient (Wildman–Crippen LogP) is 3.31. The summed E-state index contributed by atoms with van der Waals surface area (Å²) in [5.41, 5.74) is 0.284. The van der Waals surface area contributed by atoms with Crippen molar-refractivity contribution in [2.24, 2.45) is 5.92 Å². The molecule has 1 aromatic carbocycles. The van der Waals surface area contributed by atoms with Crippen molar-refractivity contribution < 1.29 is 14.6 Å². The second-order valence-corrected chi connectivity index (χ2v) is 5.77. The van der Waals surface area contributed by atoms with E-state index in [1.165, 1.54) is 6.42 Å². The average molecular weight is 246 g/mol. The number of phenolic OH excluding ortho intramolecular Hbond substituents is 1. The third-order valence-electron chi connectivity index (χ3n) is 4.12. The molecular weight excluding hydrogens is 228 g/mol. The second kappa shape index (κ2) is 4.01. The van der Waals surface area contributed by atoms with Crippen molar-refractivity contribution in [3.05, 3.63) is 23.8 Å². The first-order valence-electron chi connectivity index (χ1n) is 6.63. The van der Waals surface area contributed by atoms with Crippen LogP contribution in [0.4, 0.5) is 0 Å². The molecule has 0 saturated heterocycles. The number of hydrogen-bond donors (Lipinski definition) is 1. The van der Waals surface area contributed by atoms with Crippen LogP contribution < -0.4 is 4.74 Å². The summed E-state index contributed by atoms with van der Waals surface area (Å²) in [7, 11) is 0. The maximum absolute atomic E-state index is 12.2. The maximum Gasteiger partial charge on any atom is 0.170 e. The summed E-state index contributed by atoms with van der Waals surface area (Å²) in [6.45, 7) is 2.22. The fraction of sp³-hybridized carbons (Fsp3) is 0.533. The SMILES string of the molecule is C[C@@H]1CCC[C@]2(CC(=O)c3ccc(O)cc3O2)C1. The van der Waals surface area contributed by atoms with Crippen LogP contribution in [-0.2, 0) is 0 Å². The standard InChI is InChI=1S/C15H18O3/c1-10-3-2-6-15(8-10)9-13(17)12-5-4-11(16)7-14(12)18-15/h4-5,7,10,16H,2-3,6,8-9H2,1H3/t10-,15-/m1/s1. The van der Waals surface area contributed by atoms with Gasteiger partial charge in [0.05, 0.1) is 12.0 Å². The number of ketones is 1. The van der Waals surface area contributed by atoms with Gasteiger partial charge in [-0.1, -0.05) is 13.3 Å². The number of ether oxygens (including phenoxy) is 1. The Labute approximate surface area is 107 Å². The van der Waals surface area contributed by atoms with Gasteiger partial charge < -0.3 is 9.84 Å². The van der Waals surface area contributed by atoms with E-state index in [-0.39, 0.29) is 17.1 Å². The molecule has 1 spiro atoms. The molecule has 2 aliphatic rings. The monoisotopic (exact) mass is 246 g/mol. The zero-order chi connectivity index (χ0) is 12.8. The first kappa shape index (κ1) is 11.6. The molecule has 3 nitrogen and oxygen atoms in total. The molecule has 1 N–H and O–H groups in total. The Balaban J connectivity index is 1.97. The summed E-state index contributed by atoms with van der Waals surface area (Å²) in [6, 6.07) is 4.76. The first-order valence-corrected chi connectivity index (χ1v) is 6.63. The topological polar surface area (TPSA) is 46.5 Å². The Kier molecular flexibility index (Phi) is 2.58. The van der Waals surface area contributed by atoms with E-state index < -0.39 is 0 Å². The van der Waals surface area contributed by atoms with Crippen molar-refractivity contribution in [1.29, 1.82) is 0 Å². The van der Waals surface area contributed by atoms with Gasteiger partial charge in [-0.25, -0.2) is 0 Å². The number of phenols is 1. The van der Waals surface area contributed by atoms with Crippen LogP contribution in [0.1, 0.15) is 49.4 Å². The lowest BCUT2D eigenvalue weighted by atomic mass is 9.74. The van der Waals surface area contributed by atoms with Crippen LogP contribution in [0.15, 0.2) is 18.2 Å². The van der Waals surface area contributed by atoms with Gasteiger partial charge in [-0.05, 0) is 37.3 Å². The van der Waals surface area contributed by atoms with Crippen LogP contribution in [0.5, 0.6) is 11.5 Å². The molecule has 3 heteroatoms. The Morgan fingerprint density at radius 3 is 3.06 bits per heavy atom. The summed E-state index contributed by atoms with van der Waals surface area (Å²) in [4.78, 5) is 12.2. The van der Waals surface area contributed by atoms with Gasteiger partial charge in [0.25, 0.3) is 0 Å². The number of carbonyl (C=O) groups excluding carboxylic acids is 1. The molecule has 3 rings (SSSR count). The van der Waals surface area contributed by atoms with E-state index >= 15 is 0 Å². The minimum absolute atomic E-state index is 0.144. The van der Waals surface area contributed by atoms with Crippen molar-refractivity contribution >= 4 is 5.78 Å². The third-order valence-corrected chi connectivity index (χ3v) is 4.12. The average Bonchev–Trinajstić information content (AvgIpc) is 2.27. The highest BCUT2D eigenvalue weighted by molar-refractivity contribution is 6.00. The van der Waals surface area contributed by atoms with E-state index in [4.69, 9.17) is 4.74 Å². The van der Waals surface area contributed by atoms with Crippen molar-refractivity contribution in [3.63, 3.8) is 0 Å². The normalized spacial score (nSPS) is 30.9. The lowest BCUT2D eigenvalue weighted by Gasteiger charge is -2.42. The van der Waals surface area contributed by atoms with Crippen molar-refractivity contribution in [1.82, 2.24) is 0 Å². The van der Waals surface area contributed by atoms with Gasteiger partial charge in [0, 0.05) is 6.07 Å². The van der Waals surface area contributed by atoms with Crippen LogP contribution in [0.2, 0.25) is 0 Å². The largest absolute Gasteiger partial charge is 0.508 e. The molecule has 1 saturated carbocycles. The molecule has 1 heterocycles. The fourth-order valence-corrected chi connectivity index (χ4v) is 3.35. The van der Waals surface area contributed by atoms with E-state index in [1.54, 1.807) is 18.2 Å². The molecular formula is C15H18O3. The molecule has 18 heavy (non-hydrogen) atoms. The summed E-state index contributed by atoms with van der Waals surface area (Å²) in [5, 5.41) is 9.52. The lowest BCUT2D eigenvalue weighted by Crippen LogP contribution is -2.45. The van der Waals surface area contributed by atoms with Gasteiger partial charge in [0.2, 0.25) is 0 Å². The molecule has 96 valence electrons. The van der Waals surface area contributed by atoms with Gasteiger partial charge in [-0.15, -0.1) is 0 Å². The highest BCUT2D eigenvalue weighted by Crippen LogP contribution is 2.44. The second-order valence-electron chi connectivity index (χ2n) is 5.77. The van der Waals surface area contributed by atoms with Gasteiger partial charge in [0.1, 0.15) is 17.1 Å². The smallest absolute Gasteiger partial charge is 0.170 e. The van der Waals surface area contributed by atoms with E-state index in [2.05, 4.69) is 6.92 Å². The summed E-state index contributed by atoms with van der Waals surface area (Å²) >= 11 is 0. The van der Waals surface area contributed by atoms with E-state index in [0.29, 0.717) is 23.7 Å². The number of aromatic hydroxyl groups is 1. The van der Waals surface area contributed by atoms with Crippen LogP contribution in [0.3, 0.4) is 0 Å². The summed E-state index contributed by atoms with van der Waals surface area (Å²) in [6.07, 6.45) is 4.69. The van der Waals surface area contributed by atoms with E-state index in [1.807, 2.05) is 0 Å². The summed E-state index contributed by atoms with van der Waals surface area (Å²) < 4.78 is 6.10. The van der Waals surface area contributed by atoms with Gasteiger partial charge in [0.15, 0.2) is 5.78 Å². The highest BCUT2D eigenvalue weighted by atomic mass is 16.5. The zero-order valence-electron chi connectivity index (χ0n) is 10.6. The molecule has 0 amide bonds. The van der Waals surface area contributed by atoms with Crippen molar-refractivity contribution in [3.8, 4) is 11.5 Å². The van der Waals surface area contributed by atoms with Crippen LogP contribution in [0.25, 0.3) is 0 Å². The van der Waals surface area contributed by atoms with Gasteiger partial charge in [-0.3, -0.25) is 4.79 Å². The molecule has 0 aromatic heterocycles. The number of carbonyl (C=O) groups is 1. The molecule has 1 aliphatic carbocycles. The molecule has 0 radical (unpaired) electrons. The molecule has 1 aliphatic heterocycles. The Bertz CT molecular complexity index is 495. The fourth-order valence-electron chi connectivity index (χ4n) is 3.35. The number of Topliss-reactive ketones (excluding diaryl/α,β-unsaturated/α-hetero) is 1. The van der Waals surface area contributed by atoms with E-state index in [9.17, 15) is 9.90 Å². The maximum atomic E-state index is 12.2. The lowest BCUT2D eigenvalue weighted by molar-refractivity contribution is -0.000930. The van der Waals surface area contributed by atoms with Crippen LogP contribution in [-0.4, -0.2) is 16.5 Å². The molecule has 0 bridgehead atoms. The Morgan fingerprint density at radius 1 is 1.44 bits per heavy atom. The van der Waals surface area contributed by atoms with E-state index in [0.717, 1.165) is 19.3 Å². The predicted molar refractivity (Wildman–Crippen MR) is 68.0 cm³/mol. The number of fused-ring (bicyclic) bond motifs is 1. The minimum atomic E-state index is -0.324. The molecule has 0 unspecified atom stereocenters. The van der Waals surface area contributed by atoms with Crippen LogP contribution in [0, 0.1) is 5.92 Å². The first-order chi connectivity index (χ1) is 8.58. The number of rotatable bonds is 0. The Morgan fingerprint density at radius 2 is 2.28 bits per heavy atom. The zero-order valence-corrected chi connectivity index (χ0v) is 10.6. The third kappa shape index (κ3) is 1.88. The Hall–Kier alpha value is -1.51. The van der Waals surface area contributed by atoms with Gasteiger partial charge in [-0.2, -0.15) is 0 Å². The quantitative estimate of drug-likeness (QED) is 0.764. The van der Waals surface area contributed by atoms with Crippen molar-refractivity contribution in [2.75, 3.05) is 0 Å². The molecule has 1 aromatic rings. The molecule has 2 atom stereocenters. The number of benzene rings is 1. The minimum Gasteiger partial charge on any atom is -0.508 e. The number of hydrogen-bond acceptors (Lipinski definition) is 3. The van der Waals surface area contributed by atoms with Crippen molar-refractivity contribution in [2.45, 2.75) is 44.6 Å². The highest BCUT2D eigenvalue weighted by Gasteiger charge is 2.43. The van der Waals surface area contributed by atoms with Crippen LogP contribution >= 0.6 is 0 Å².